The van der Waals surface area contributed by atoms with Crippen molar-refractivity contribution in [1.82, 2.24) is 10.3 Å². The SMILES string of the molecule is O=C(NC(=S)Nc1ccc2oc(-c3cc(F)c(F)cc3Cl)nc2c1)c1cc([N+](=O)[O-])ccc1Br. The number of benzene rings is 3. The van der Waals surface area contributed by atoms with Crippen molar-refractivity contribution in [1.29, 1.82) is 0 Å². The Morgan fingerprint density at radius 2 is 1.88 bits per heavy atom. The number of anilines is 1. The van der Waals surface area contributed by atoms with E-state index in [1.807, 2.05) is 0 Å². The minimum Gasteiger partial charge on any atom is -0.436 e. The van der Waals surface area contributed by atoms with E-state index in [9.17, 15) is 23.7 Å². The summed E-state index contributed by atoms with van der Waals surface area (Å²) in [6.07, 6.45) is 0. The van der Waals surface area contributed by atoms with Gasteiger partial charge >= 0.3 is 0 Å². The first-order valence-electron chi connectivity index (χ1n) is 9.24. The maximum Gasteiger partial charge on any atom is 0.270 e. The van der Waals surface area contributed by atoms with E-state index in [4.69, 9.17) is 28.2 Å². The second kappa shape index (κ2) is 9.41. The van der Waals surface area contributed by atoms with Crippen molar-refractivity contribution in [2.24, 2.45) is 0 Å². The van der Waals surface area contributed by atoms with Gasteiger partial charge in [0.2, 0.25) is 5.89 Å². The summed E-state index contributed by atoms with van der Waals surface area (Å²) in [6.45, 7) is 0. The molecule has 0 aliphatic carbocycles. The van der Waals surface area contributed by atoms with Gasteiger partial charge in [-0.1, -0.05) is 11.6 Å². The van der Waals surface area contributed by atoms with E-state index in [1.54, 1.807) is 18.2 Å². The van der Waals surface area contributed by atoms with Gasteiger partial charge in [0.25, 0.3) is 11.6 Å². The van der Waals surface area contributed by atoms with Crippen LogP contribution in [0, 0.1) is 21.7 Å². The fourth-order valence-corrected chi connectivity index (χ4v) is 3.81. The zero-order chi connectivity index (χ0) is 24.6. The number of hydrogen-bond acceptors (Lipinski definition) is 6. The van der Waals surface area contributed by atoms with Crippen LogP contribution in [-0.2, 0) is 0 Å². The van der Waals surface area contributed by atoms with Crippen LogP contribution in [0.1, 0.15) is 10.4 Å². The average molecular weight is 568 g/mol. The predicted octanol–water partition coefficient (Wildman–Crippen LogP) is 6.22. The highest BCUT2D eigenvalue weighted by molar-refractivity contribution is 9.10. The van der Waals surface area contributed by atoms with Crippen LogP contribution < -0.4 is 10.6 Å². The minimum absolute atomic E-state index is 0.0116. The maximum absolute atomic E-state index is 13.6. The van der Waals surface area contributed by atoms with Gasteiger partial charge in [-0.2, -0.15) is 0 Å². The van der Waals surface area contributed by atoms with Gasteiger partial charge in [0, 0.05) is 22.3 Å². The molecule has 0 aliphatic heterocycles. The van der Waals surface area contributed by atoms with E-state index in [0.29, 0.717) is 21.3 Å². The molecule has 13 heteroatoms. The number of carbonyl (C=O) groups is 1. The van der Waals surface area contributed by atoms with Crippen LogP contribution in [0.2, 0.25) is 5.02 Å². The number of rotatable bonds is 4. The quantitative estimate of drug-likeness (QED) is 0.130. The Labute approximate surface area is 208 Å². The largest absolute Gasteiger partial charge is 0.436 e. The smallest absolute Gasteiger partial charge is 0.270 e. The first-order valence-corrected chi connectivity index (χ1v) is 10.8. The molecule has 4 rings (SSSR count). The minimum atomic E-state index is -1.10. The number of non-ortho nitro benzene ring substituents is 1. The third kappa shape index (κ3) is 4.88. The van der Waals surface area contributed by atoms with Gasteiger partial charge in [-0.3, -0.25) is 20.2 Å². The first kappa shape index (κ1) is 23.7. The topological polar surface area (TPSA) is 110 Å². The molecular formula is C21H10BrClF2N4O4S. The number of oxazole rings is 1. The highest BCUT2D eigenvalue weighted by Gasteiger charge is 2.18. The van der Waals surface area contributed by atoms with E-state index >= 15 is 0 Å². The number of nitrogens with zero attached hydrogens (tertiary/aromatic N) is 2. The van der Waals surface area contributed by atoms with Gasteiger partial charge in [0.15, 0.2) is 22.3 Å². The van der Waals surface area contributed by atoms with E-state index < -0.39 is 22.5 Å². The summed E-state index contributed by atoms with van der Waals surface area (Å²) in [4.78, 5) is 27.1. The number of hydrogen-bond donors (Lipinski definition) is 2. The maximum atomic E-state index is 13.6. The van der Waals surface area contributed by atoms with Crippen LogP contribution in [0.15, 0.2) is 57.4 Å². The number of amides is 1. The van der Waals surface area contributed by atoms with E-state index in [0.717, 1.165) is 18.2 Å². The molecule has 2 N–H and O–H groups in total. The van der Waals surface area contributed by atoms with Gasteiger partial charge in [-0.25, -0.2) is 13.8 Å². The molecule has 0 radical (unpaired) electrons. The molecule has 0 spiro atoms. The van der Waals surface area contributed by atoms with Gasteiger partial charge < -0.3 is 9.73 Å². The summed E-state index contributed by atoms with van der Waals surface area (Å²) in [5.74, 6) is -2.86. The molecule has 0 saturated heterocycles. The Kier molecular flexibility index (Phi) is 6.55. The number of halogens is 4. The summed E-state index contributed by atoms with van der Waals surface area (Å²) in [7, 11) is 0. The van der Waals surface area contributed by atoms with Crippen LogP contribution >= 0.6 is 39.7 Å². The van der Waals surface area contributed by atoms with Crippen molar-refractivity contribution in [3.8, 4) is 11.5 Å². The summed E-state index contributed by atoms with van der Waals surface area (Å²) in [5, 5.41) is 16.1. The number of nitro groups is 1. The van der Waals surface area contributed by atoms with Crippen LogP contribution in [0.25, 0.3) is 22.6 Å². The van der Waals surface area contributed by atoms with Gasteiger partial charge in [-0.05, 0) is 64.5 Å². The summed E-state index contributed by atoms with van der Waals surface area (Å²) in [5.41, 5.74) is 0.996. The van der Waals surface area contributed by atoms with Gasteiger partial charge in [0.1, 0.15) is 5.52 Å². The van der Waals surface area contributed by atoms with Crippen LogP contribution in [0.5, 0.6) is 0 Å². The van der Waals surface area contributed by atoms with E-state index in [2.05, 4.69) is 31.5 Å². The molecule has 0 atom stereocenters. The molecule has 4 aromatic rings. The highest BCUT2D eigenvalue weighted by atomic mass is 79.9. The van der Waals surface area contributed by atoms with Gasteiger partial charge in [0.05, 0.1) is 21.1 Å². The Hall–Kier alpha value is -3.48. The van der Waals surface area contributed by atoms with Gasteiger partial charge in [-0.15, -0.1) is 0 Å². The number of fused-ring (bicyclic) bond motifs is 1. The van der Waals surface area contributed by atoms with Crippen molar-refractivity contribution in [3.63, 3.8) is 0 Å². The van der Waals surface area contributed by atoms with E-state index in [-0.39, 0.29) is 32.8 Å². The number of nitrogens with one attached hydrogen (secondary N) is 2. The molecule has 172 valence electrons. The molecule has 1 heterocycles. The molecule has 0 unspecified atom stereocenters. The normalized spacial score (nSPS) is 10.8. The third-order valence-electron chi connectivity index (χ3n) is 4.52. The third-order valence-corrected chi connectivity index (χ3v) is 5.73. The lowest BCUT2D eigenvalue weighted by Gasteiger charge is -2.10. The van der Waals surface area contributed by atoms with Crippen LogP contribution in [-0.4, -0.2) is 20.9 Å². The zero-order valence-corrected chi connectivity index (χ0v) is 19.7. The van der Waals surface area contributed by atoms with Crippen molar-refractivity contribution >= 4 is 73.2 Å². The molecule has 1 aromatic heterocycles. The molecule has 0 bridgehead atoms. The lowest BCUT2D eigenvalue weighted by atomic mass is 10.2. The van der Waals surface area contributed by atoms with Crippen molar-refractivity contribution in [3.05, 3.63) is 85.3 Å². The summed E-state index contributed by atoms with van der Waals surface area (Å²) < 4.78 is 32.9. The Morgan fingerprint density at radius 1 is 1.15 bits per heavy atom. The highest BCUT2D eigenvalue weighted by Crippen LogP contribution is 2.32. The summed E-state index contributed by atoms with van der Waals surface area (Å²) in [6, 6.07) is 10.2. The Morgan fingerprint density at radius 3 is 2.62 bits per heavy atom. The van der Waals surface area contributed by atoms with Crippen molar-refractivity contribution in [2.45, 2.75) is 0 Å². The van der Waals surface area contributed by atoms with E-state index in [1.165, 1.54) is 12.1 Å². The lowest BCUT2D eigenvalue weighted by Crippen LogP contribution is -2.34. The molecule has 0 fully saturated rings. The molecule has 8 nitrogen and oxygen atoms in total. The number of nitro benzene ring substituents is 1. The average Bonchev–Trinajstić information content (AvgIpc) is 3.19. The van der Waals surface area contributed by atoms with Crippen molar-refractivity contribution in [2.75, 3.05) is 5.32 Å². The molecule has 0 saturated carbocycles. The second-order valence-electron chi connectivity index (χ2n) is 6.78. The molecule has 34 heavy (non-hydrogen) atoms. The molecule has 1 amide bonds. The fourth-order valence-electron chi connectivity index (χ4n) is 2.94. The fraction of sp³-hybridized carbons (Fsp3) is 0. The zero-order valence-electron chi connectivity index (χ0n) is 16.6. The molecule has 3 aromatic carbocycles. The first-order chi connectivity index (χ1) is 16.1. The number of aromatic nitrogens is 1. The van der Waals surface area contributed by atoms with Crippen LogP contribution in [0.3, 0.4) is 0 Å². The number of carbonyl (C=O) groups excluding carboxylic acids is 1. The van der Waals surface area contributed by atoms with Crippen molar-refractivity contribution < 1.29 is 22.9 Å². The lowest BCUT2D eigenvalue weighted by molar-refractivity contribution is -0.384. The predicted molar refractivity (Wildman–Crippen MR) is 129 cm³/mol. The molecular weight excluding hydrogens is 558 g/mol. The Bertz CT molecular complexity index is 1500. The molecule has 0 aliphatic rings. The standard InChI is InChI=1S/C21H10BrClF2N4O4S/c22-13-3-2-10(29(31)32)6-11(13)19(30)28-21(34)26-9-1-4-18-17(5-9)27-20(33-18)12-7-15(24)16(25)8-14(12)23/h1-8H,(H2,26,28,30,34). The van der Waals surface area contributed by atoms with Crippen LogP contribution in [0.4, 0.5) is 20.2 Å². The number of thiocarbonyl (C=S) groups is 1. The monoisotopic (exact) mass is 566 g/mol. The second-order valence-corrected chi connectivity index (χ2v) is 8.45. The Balaban J connectivity index is 1.52. The summed E-state index contributed by atoms with van der Waals surface area (Å²) >= 11 is 14.3.